The third kappa shape index (κ3) is 7.87. The molecule has 0 radical (unpaired) electrons. The molecule has 0 atom stereocenters. The van der Waals surface area contributed by atoms with Gasteiger partial charge in [0.25, 0.3) is 0 Å². The van der Waals surface area contributed by atoms with Crippen LogP contribution in [0.5, 0.6) is 0 Å². The van der Waals surface area contributed by atoms with E-state index < -0.39 is 0 Å². The topological polar surface area (TPSA) is 26.0 Å². The molecule has 0 saturated carbocycles. The normalized spacial score (nSPS) is 8.22. The van der Waals surface area contributed by atoms with Crippen LogP contribution < -0.4 is 5.73 Å². The van der Waals surface area contributed by atoms with Crippen LogP contribution in [0.15, 0.2) is 0 Å². The highest BCUT2D eigenvalue weighted by Crippen LogP contribution is 1.98. The van der Waals surface area contributed by atoms with Crippen molar-refractivity contribution in [1.29, 1.82) is 0 Å². The minimum atomic E-state index is 0.798. The van der Waals surface area contributed by atoms with Crippen LogP contribution in [0.25, 0.3) is 0 Å². The van der Waals surface area contributed by atoms with Crippen molar-refractivity contribution in [2.45, 2.75) is 13.3 Å². The van der Waals surface area contributed by atoms with Gasteiger partial charge in [0.05, 0.1) is 5.75 Å². The second-order valence-corrected chi connectivity index (χ2v) is 2.73. The highest BCUT2D eigenvalue weighted by molar-refractivity contribution is 7.99. The summed E-state index contributed by atoms with van der Waals surface area (Å²) in [4.78, 5) is 0. The number of thioether (sulfide) groups is 1. The summed E-state index contributed by atoms with van der Waals surface area (Å²) in [6, 6.07) is 0. The standard InChI is InChI=1S/C7H13NS/c1-2-3-6-9-7-4-5-8/h4-8H2,1H3. The Balaban J connectivity index is 2.80. The molecule has 2 heteroatoms. The molecule has 0 bridgehead atoms. The van der Waals surface area contributed by atoms with Gasteiger partial charge in [-0.15, -0.1) is 17.7 Å². The molecule has 0 rings (SSSR count). The molecule has 0 unspecified atom stereocenters. The summed E-state index contributed by atoms with van der Waals surface area (Å²) in [5.74, 6) is 7.92. The van der Waals surface area contributed by atoms with Gasteiger partial charge in [-0.05, 0) is 25.6 Å². The monoisotopic (exact) mass is 143 g/mol. The molecule has 52 valence electrons. The largest absolute Gasteiger partial charge is 0.330 e. The summed E-state index contributed by atoms with van der Waals surface area (Å²) >= 11 is 1.85. The van der Waals surface area contributed by atoms with Gasteiger partial charge in [0.1, 0.15) is 0 Å². The summed E-state index contributed by atoms with van der Waals surface area (Å²) < 4.78 is 0. The van der Waals surface area contributed by atoms with Crippen molar-refractivity contribution in [2.75, 3.05) is 18.1 Å². The molecule has 0 aromatic rings. The fraction of sp³-hybridized carbons (Fsp3) is 0.714. The van der Waals surface area contributed by atoms with Crippen LogP contribution in [0.4, 0.5) is 0 Å². The third-order valence-corrected chi connectivity index (χ3v) is 1.77. The second kappa shape index (κ2) is 7.87. The lowest BCUT2D eigenvalue weighted by Crippen LogP contribution is -1.99. The van der Waals surface area contributed by atoms with Gasteiger partial charge in [0, 0.05) is 0 Å². The van der Waals surface area contributed by atoms with E-state index in [9.17, 15) is 0 Å². The van der Waals surface area contributed by atoms with Crippen molar-refractivity contribution in [3.63, 3.8) is 0 Å². The minimum absolute atomic E-state index is 0.798. The fourth-order valence-electron chi connectivity index (χ4n) is 0.381. The first-order valence-electron chi connectivity index (χ1n) is 3.09. The molecule has 9 heavy (non-hydrogen) atoms. The van der Waals surface area contributed by atoms with E-state index in [1.807, 2.05) is 18.7 Å². The SMILES string of the molecule is CC#CCSCCCN. The lowest BCUT2D eigenvalue weighted by atomic mass is 10.5. The van der Waals surface area contributed by atoms with E-state index in [0.29, 0.717) is 0 Å². The van der Waals surface area contributed by atoms with Gasteiger partial charge in [0.15, 0.2) is 0 Å². The number of nitrogens with two attached hydrogens (primary N) is 1. The maximum atomic E-state index is 5.29. The molecule has 0 saturated heterocycles. The van der Waals surface area contributed by atoms with Gasteiger partial charge in [-0.25, -0.2) is 0 Å². The molecule has 2 N–H and O–H groups in total. The van der Waals surface area contributed by atoms with E-state index in [1.165, 1.54) is 0 Å². The van der Waals surface area contributed by atoms with Gasteiger partial charge < -0.3 is 5.73 Å². The summed E-state index contributed by atoms with van der Waals surface area (Å²) in [6.07, 6.45) is 1.11. The predicted molar refractivity (Wildman–Crippen MR) is 44.4 cm³/mol. The quantitative estimate of drug-likeness (QED) is 0.471. The zero-order valence-electron chi connectivity index (χ0n) is 5.81. The Morgan fingerprint density at radius 3 is 2.89 bits per heavy atom. The molecule has 0 amide bonds. The molecule has 0 aliphatic rings. The molecule has 0 heterocycles. The van der Waals surface area contributed by atoms with E-state index in [-0.39, 0.29) is 0 Å². The lowest BCUT2D eigenvalue weighted by Gasteiger charge is -1.91. The first-order valence-corrected chi connectivity index (χ1v) is 4.24. The molecule has 1 nitrogen and oxygen atoms in total. The summed E-state index contributed by atoms with van der Waals surface area (Å²) in [5.41, 5.74) is 5.29. The highest BCUT2D eigenvalue weighted by Gasteiger charge is 1.82. The minimum Gasteiger partial charge on any atom is -0.330 e. The fourth-order valence-corrected chi connectivity index (χ4v) is 1.14. The Kier molecular flexibility index (Phi) is 7.76. The Hall–Kier alpha value is -0.130. The van der Waals surface area contributed by atoms with E-state index in [1.54, 1.807) is 0 Å². The van der Waals surface area contributed by atoms with Crippen molar-refractivity contribution < 1.29 is 0 Å². The van der Waals surface area contributed by atoms with Crippen molar-refractivity contribution in [3.05, 3.63) is 0 Å². The van der Waals surface area contributed by atoms with Crippen LogP contribution in [0.3, 0.4) is 0 Å². The van der Waals surface area contributed by atoms with Crippen LogP contribution in [-0.4, -0.2) is 18.1 Å². The van der Waals surface area contributed by atoms with Crippen molar-refractivity contribution >= 4 is 11.8 Å². The average Bonchev–Trinajstić information content (AvgIpc) is 1.89. The van der Waals surface area contributed by atoms with Crippen LogP contribution in [0.2, 0.25) is 0 Å². The zero-order valence-corrected chi connectivity index (χ0v) is 6.63. The predicted octanol–water partition coefficient (Wildman–Crippen LogP) is 1.09. The van der Waals surface area contributed by atoms with Crippen molar-refractivity contribution in [2.24, 2.45) is 5.73 Å². The Bertz CT molecular complexity index is 101. The molecule has 0 aromatic heterocycles. The zero-order chi connectivity index (χ0) is 6.95. The molecule has 0 aliphatic carbocycles. The maximum Gasteiger partial charge on any atom is 0.0547 e. The van der Waals surface area contributed by atoms with E-state index in [4.69, 9.17) is 5.73 Å². The lowest BCUT2D eigenvalue weighted by molar-refractivity contribution is 0.944. The van der Waals surface area contributed by atoms with Crippen LogP contribution >= 0.6 is 11.8 Å². The highest BCUT2D eigenvalue weighted by atomic mass is 32.2. The summed E-state index contributed by atoms with van der Waals surface area (Å²) in [5, 5.41) is 0. The number of hydrogen-bond donors (Lipinski definition) is 1. The molecule has 0 fully saturated rings. The maximum absolute atomic E-state index is 5.29. The van der Waals surface area contributed by atoms with Gasteiger partial charge in [-0.2, -0.15) is 0 Å². The van der Waals surface area contributed by atoms with Crippen molar-refractivity contribution in [1.82, 2.24) is 0 Å². The second-order valence-electron chi connectivity index (χ2n) is 1.62. The Labute approximate surface area is 61.4 Å². The molecule has 0 aliphatic heterocycles. The molecular weight excluding hydrogens is 130 g/mol. The van der Waals surface area contributed by atoms with Gasteiger partial charge in [-0.3, -0.25) is 0 Å². The first-order chi connectivity index (χ1) is 4.41. The molecular formula is C7H13NS. The number of hydrogen-bond acceptors (Lipinski definition) is 2. The summed E-state index contributed by atoms with van der Waals surface area (Å²) in [7, 11) is 0. The van der Waals surface area contributed by atoms with E-state index in [2.05, 4.69) is 11.8 Å². The molecule has 0 spiro atoms. The van der Waals surface area contributed by atoms with E-state index >= 15 is 0 Å². The van der Waals surface area contributed by atoms with E-state index in [0.717, 1.165) is 24.5 Å². The van der Waals surface area contributed by atoms with Crippen LogP contribution in [0.1, 0.15) is 13.3 Å². The number of rotatable bonds is 4. The van der Waals surface area contributed by atoms with Crippen LogP contribution in [-0.2, 0) is 0 Å². The van der Waals surface area contributed by atoms with Gasteiger partial charge >= 0.3 is 0 Å². The molecule has 0 aromatic carbocycles. The first kappa shape index (κ1) is 8.87. The average molecular weight is 143 g/mol. The van der Waals surface area contributed by atoms with Crippen LogP contribution in [0, 0.1) is 11.8 Å². The van der Waals surface area contributed by atoms with Gasteiger partial charge in [-0.1, -0.05) is 5.92 Å². The summed E-state index contributed by atoms with van der Waals surface area (Å²) in [6.45, 7) is 2.66. The Morgan fingerprint density at radius 2 is 2.33 bits per heavy atom. The van der Waals surface area contributed by atoms with Gasteiger partial charge in [0.2, 0.25) is 0 Å². The smallest absolute Gasteiger partial charge is 0.0547 e. The Morgan fingerprint density at radius 1 is 1.56 bits per heavy atom. The third-order valence-electron chi connectivity index (χ3n) is 0.844. The van der Waals surface area contributed by atoms with Crippen molar-refractivity contribution in [3.8, 4) is 11.8 Å².